The third kappa shape index (κ3) is 4.75. The summed E-state index contributed by atoms with van der Waals surface area (Å²) in [6, 6.07) is 8.74. The molecule has 1 aromatic rings. The third-order valence-corrected chi connectivity index (χ3v) is 5.33. The minimum Gasteiger partial charge on any atom is -0.399 e. The zero-order valence-electron chi connectivity index (χ0n) is 15.3. The quantitative estimate of drug-likeness (QED) is 0.673. The van der Waals surface area contributed by atoms with Crippen LogP contribution in [0.3, 0.4) is 0 Å². The molecule has 1 saturated heterocycles. The van der Waals surface area contributed by atoms with Crippen molar-refractivity contribution in [1.82, 2.24) is 0 Å². The molecule has 2 N–H and O–H groups in total. The molecular weight excluding hydrogens is 305 g/mol. The second kappa shape index (κ2) is 7.18. The predicted molar refractivity (Wildman–Crippen MR) is 101 cm³/mol. The van der Waals surface area contributed by atoms with Crippen molar-refractivity contribution in [2.75, 3.05) is 0 Å². The Bertz CT molecular complexity index is 496. The lowest BCUT2D eigenvalue weighted by molar-refractivity contribution is 0.00578. The molecule has 2 fully saturated rings. The van der Waals surface area contributed by atoms with Gasteiger partial charge in [-0.05, 0) is 57.5 Å². The van der Waals surface area contributed by atoms with E-state index in [4.69, 9.17) is 14.4 Å². The fourth-order valence-electron chi connectivity index (χ4n) is 2.32. The molecule has 23 heavy (non-hydrogen) atoms. The molecular formula is C18H30BNO2S. The fraction of sp³-hybridized carbons (Fsp3) is 0.667. The second-order valence-corrected chi connectivity index (χ2v) is 8.93. The van der Waals surface area contributed by atoms with Gasteiger partial charge in [-0.2, -0.15) is 0 Å². The number of rotatable bonds is 3. The first-order valence-electron chi connectivity index (χ1n) is 8.47. The Morgan fingerprint density at radius 1 is 1.04 bits per heavy atom. The van der Waals surface area contributed by atoms with Crippen LogP contribution in [0.25, 0.3) is 0 Å². The maximum absolute atomic E-state index is 6.04. The third-order valence-electron chi connectivity index (χ3n) is 4.78. The van der Waals surface area contributed by atoms with Crippen LogP contribution in [0.2, 0.25) is 0 Å². The highest BCUT2D eigenvalue weighted by Gasteiger charge is 2.51. The van der Waals surface area contributed by atoms with Gasteiger partial charge in [0.15, 0.2) is 0 Å². The summed E-state index contributed by atoms with van der Waals surface area (Å²) >= 11 is 1.38. The molecule has 0 radical (unpaired) electrons. The monoisotopic (exact) mass is 335 g/mol. The van der Waals surface area contributed by atoms with Crippen LogP contribution in [0, 0.1) is 0 Å². The van der Waals surface area contributed by atoms with Gasteiger partial charge in [0.25, 0.3) is 0 Å². The van der Waals surface area contributed by atoms with Crippen molar-refractivity contribution in [3.05, 3.63) is 29.8 Å². The van der Waals surface area contributed by atoms with Crippen molar-refractivity contribution in [3.63, 3.8) is 0 Å². The van der Waals surface area contributed by atoms with Crippen LogP contribution in [-0.2, 0) is 9.31 Å². The van der Waals surface area contributed by atoms with Crippen LogP contribution < -0.4 is 10.6 Å². The first kappa shape index (κ1) is 18.8. The van der Waals surface area contributed by atoms with Crippen LogP contribution in [0.5, 0.6) is 0 Å². The minimum absolute atomic E-state index is 0.233. The lowest BCUT2D eigenvalue weighted by Gasteiger charge is -2.32. The first-order valence-corrected chi connectivity index (χ1v) is 9.41. The van der Waals surface area contributed by atoms with Crippen molar-refractivity contribution in [1.29, 1.82) is 0 Å². The number of hydrogen-bond acceptors (Lipinski definition) is 4. The van der Waals surface area contributed by atoms with Crippen LogP contribution in [-0.4, -0.2) is 23.6 Å². The molecule has 1 aliphatic carbocycles. The summed E-state index contributed by atoms with van der Waals surface area (Å²) < 4.78 is 12.1. The summed E-state index contributed by atoms with van der Waals surface area (Å²) in [6.45, 7) is 12.5. The lowest BCUT2D eigenvalue weighted by atomic mass is 9.78. The highest BCUT2D eigenvalue weighted by Crippen LogP contribution is 2.40. The highest BCUT2D eigenvalue weighted by molar-refractivity contribution is 7.97. The molecule has 3 nitrogen and oxygen atoms in total. The van der Waals surface area contributed by atoms with E-state index in [9.17, 15) is 0 Å². The van der Waals surface area contributed by atoms with Gasteiger partial charge in [0.1, 0.15) is 0 Å². The molecule has 2 aliphatic rings. The van der Waals surface area contributed by atoms with Crippen LogP contribution in [0.15, 0.2) is 24.3 Å². The van der Waals surface area contributed by atoms with Gasteiger partial charge in [-0.15, -0.1) is 0 Å². The van der Waals surface area contributed by atoms with Gasteiger partial charge in [0, 0.05) is 5.25 Å². The summed E-state index contributed by atoms with van der Waals surface area (Å²) in [4.78, 5) is 0. The van der Waals surface area contributed by atoms with E-state index in [1.165, 1.54) is 30.4 Å². The van der Waals surface area contributed by atoms with E-state index in [0.29, 0.717) is 5.25 Å². The molecule has 0 atom stereocenters. The number of hydrogen-bond donors (Lipinski definition) is 1. The molecule has 128 valence electrons. The Kier molecular flexibility index (Phi) is 5.88. The van der Waals surface area contributed by atoms with E-state index in [2.05, 4.69) is 65.8 Å². The summed E-state index contributed by atoms with van der Waals surface area (Å²) in [5, 5.41) is 5.67. The maximum atomic E-state index is 6.04. The molecule has 0 amide bonds. The normalized spacial score (nSPS) is 22.0. The maximum Gasteiger partial charge on any atom is 0.494 e. The Morgan fingerprint density at radius 3 is 1.83 bits per heavy atom. The first-order chi connectivity index (χ1) is 10.7. The second-order valence-electron chi connectivity index (χ2n) is 7.71. The average molecular weight is 335 g/mol. The molecule has 1 aliphatic heterocycles. The van der Waals surface area contributed by atoms with Gasteiger partial charge in [0.05, 0.1) is 11.2 Å². The molecule has 3 rings (SSSR count). The molecule has 1 saturated carbocycles. The van der Waals surface area contributed by atoms with Crippen LogP contribution >= 0.6 is 11.9 Å². The highest BCUT2D eigenvalue weighted by atomic mass is 32.2. The van der Waals surface area contributed by atoms with Crippen molar-refractivity contribution in [2.45, 2.75) is 76.8 Å². The zero-order valence-corrected chi connectivity index (χ0v) is 16.1. The fourth-order valence-corrected chi connectivity index (χ4v) is 2.32. The summed E-state index contributed by atoms with van der Waals surface area (Å²) in [6.07, 6.45) is 2.69. The van der Waals surface area contributed by atoms with Gasteiger partial charge >= 0.3 is 7.12 Å². The van der Waals surface area contributed by atoms with E-state index in [1.807, 2.05) is 0 Å². The van der Waals surface area contributed by atoms with Crippen LogP contribution in [0.4, 0.5) is 0 Å². The topological polar surface area (TPSA) is 44.5 Å². The summed E-state index contributed by atoms with van der Waals surface area (Å²) in [7, 11) is -0.233. The lowest BCUT2D eigenvalue weighted by Crippen LogP contribution is -2.41. The van der Waals surface area contributed by atoms with E-state index in [0.717, 1.165) is 11.4 Å². The largest absolute Gasteiger partial charge is 0.494 e. The van der Waals surface area contributed by atoms with Crippen molar-refractivity contribution < 1.29 is 9.31 Å². The molecule has 0 unspecified atom stereocenters. The standard InChI is InChI=1S/C15H21BO2.C3H9NS/c1-14(2)15(3,4)18-16(17-14)13-9-7-12(8-10-13)11-5-6-11;1-3(2)5-4/h7-11H,5-6H2,1-4H3;3H,4H2,1-2H3. The van der Waals surface area contributed by atoms with Gasteiger partial charge in [-0.1, -0.05) is 50.1 Å². The number of nitrogens with two attached hydrogens (primary N) is 1. The molecule has 5 heteroatoms. The Labute approximate surface area is 146 Å². The van der Waals surface area contributed by atoms with E-state index in [1.54, 1.807) is 0 Å². The summed E-state index contributed by atoms with van der Waals surface area (Å²) in [5.41, 5.74) is 2.06. The van der Waals surface area contributed by atoms with Gasteiger partial charge in [0.2, 0.25) is 0 Å². The Hall–Kier alpha value is -0.485. The molecule has 1 heterocycles. The van der Waals surface area contributed by atoms with Gasteiger partial charge < -0.3 is 9.31 Å². The molecule has 0 aromatic heterocycles. The average Bonchev–Trinajstić information content (AvgIpc) is 3.28. The zero-order chi connectivity index (χ0) is 17.3. The predicted octanol–water partition coefficient (Wildman–Crippen LogP) is 3.86. The van der Waals surface area contributed by atoms with E-state index >= 15 is 0 Å². The smallest absolute Gasteiger partial charge is 0.399 e. The van der Waals surface area contributed by atoms with Gasteiger partial charge in [-0.3, -0.25) is 5.14 Å². The van der Waals surface area contributed by atoms with Crippen LogP contribution in [0.1, 0.15) is 65.9 Å². The van der Waals surface area contributed by atoms with Crippen molar-refractivity contribution >= 4 is 24.5 Å². The molecule has 0 spiro atoms. The van der Waals surface area contributed by atoms with Crippen molar-refractivity contribution in [3.8, 4) is 0 Å². The molecule has 1 aromatic carbocycles. The van der Waals surface area contributed by atoms with Crippen molar-refractivity contribution in [2.24, 2.45) is 5.14 Å². The van der Waals surface area contributed by atoms with Gasteiger partial charge in [-0.25, -0.2) is 0 Å². The Balaban J connectivity index is 0.000000338. The Morgan fingerprint density at radius 2 is 1.48 bits per heavy atom. The number of benzene rings is 1. The minimum atomic E-state index is -0.257. The van der Waals surface area contributed by atoms with E-state index in [-0.39, 0.29) is 18.3 Å². The SMILES string of the molecule is CC(C)SN.CC1(C)OB(c2ccc(C3CC3)cc2)OC1(C)C. The molecule has 0 bridgehead atoms. The van der Waals surface area contributed by atoms with E-state index < -0.39 is 0 Å². The summed E-state index contributed by atoms with van der Waals surface area (Å²) in [5.74, 6) is 0.803.